The minimum atomic E-state index is 0.375. The fourth-order valence-corrected chi connectivity index (χ4v) is 2.91. The van der Waals surface area contributed by atoms with Crippen molar-refractivity contribution < 1.29 is 4.74 Å². The van der Waals surface area contributed by atoms with E-state index in [0.29, 0.717) is 17.3 Å². The number of ether oxygens (including phenoxy) is 1. The van der Waals surface area contributed by atoms with Crippen LogP contribution in [0.2, 0.25) is 5.02 Å². The molecule has 1 aromatic carbocycles. The molecule has 7 heteroatoms. The molecule has 2 aromatic rings. The van der Waals surface area contributed by atoms with Crippen molar-refractivity contribution in [3.63, 3.8) is 0 Å². The standard InChI is InChI=1S/C17H22ClN5O/c1-11-8-13(9-12(2)14(11)18)24-17-15(19)16(20-10-21-17)23-6-4-22(3)5-7-23/h8-10H,4-7,19H2,1-3H3. The van der Waals surface area contributed by atoms with E-state index in [0.717, 1.165) is 48.1 Å². The molecule has 0 amide bonds. The number of aryl methyl sites for hydroxylation is 2. The molecule has 24 heavy (non-hydrogen) atoms. The molecule has 0 radical (unpaired) electrons. The van der Waals surface area contributed by atoms with E-state index in [4.69, 9.17) is 22.1 Å². The Morgan fingerprint density at radius 3 is 2.33 bits per heavy atom. The first kappa shape index (κ1) is 16.8. The third-order valence-corrected chi connectivity index (χ3v) is 4.85. The Labute approximate surface area is 147 Å². The van der Waals surface area contributed by atoms with E-state index < -0.39 is 0 Å². The third-order valence-electron chi connectivity index (χ3n) is 4.25. The Morgan fingerprint density at radius 1 is 1.08 bits per heavy atom. The molecule has 6 nitrogen and oxygen atoms in total. The molecule has 0 saturated carbocycles. The monoisotopic (exact) mass is 347 g/mol. The lowest BCUT2D eigenvalue weighted by Crippen LogP contribution is -2.45. The molecule has 1 aliphatic heterocycles. The highest BCUT2D eigenvalue weighted by molar-refractivity contribution is 6.32. The van der Waals surface area contributed by atoms with Crippen LogP contribution in [-0.2, 0) is 0 Å². The van der Waals surface area contributed by atoms with Crippen molar-refractivity contribution in [2.75, 3.05) is 43.9 Å². The number of nitrogen functional groups attached to an aromatic ring is 1. The summed E-state index contributed by atoms with van der Waals surface area (Å²) < 4.78 is 5.91. The molecule has 3 rings (SSSR count). The summed E-state index contributed by atoms with van der Waals surface area (Å²) in [5.41, 5.74) is 8.65. The van der Waals surface area contributed by atoms with Gasteiger partial charge in [0.05, 0.1) is 0 Å². The van der Waals surface area contributed by atoms with Crippen molar-refractivity contribution >= 4 is 23.1 Å². The second-order valence-corrected chi connectivity index (χ2v) is 6.56. The van der Waals surface area contributed by atoms with Crippen molar-refractivity contribution in [3.8, 4) is 11.6 Å². The number of benzene rings is 1. The van der Waals surface area contributed by atoms with Gasteiger partial charge in [-0.2, -0.15) is 4.98 Å². The van der Waals surface area contributed by atoms with Gasteiger partial charge < -0.3 is 20.3 Å². The van der Waals surface area contributed by atoms with Crippen molar-refractivity contribution in [1.82, 2.24) is 14.9 Å². The number of hydrogen-bond donors (Lipinski definition) is 1. The molecule has 128 valence electrons. The zero-order chi connectivity index (χ0) is 17.3. The van der Waals surface area contributed by atoms with Crippen LogP contribution < -0.4 is 15.4 Å². The van der Waals surface area contributed by atoms with Gasteiger partial charge in [-0.1, -0.05) is 11.6 Å². The number of anilines is 2. The summed E-state index contributed by atoms with van der Waals surface area (Å²) in [5, 5.41) is 0.746. The van der Waals surface area contributed by atoms with Crippen LogP contribution in [0.4, 0.5) is 11.5 Å². The highest BCUT2D eigenvalue weighted by atomic mass is 35.5. The largest absolute Gasteiger partial charge is 0.437 e. The topological polar surface area (TPSA) is 67.5 Å². The molecule has 2 heterocycles. The molecular formula is C17H22ClN5O. The first-order valence-corrected chi connectivity index (χ1v) is 8.32. The van der Waals surface area contributed by atoms with Gasteiger partial charge in [-0.25, -0.2) is 4.98 Å². The molecule has 1 fully saturated rings. The van der Waals surface area contributed by atoms with Crippen LogP contribution in [-0.4, -0.2) is 48.1 Å². The Hall–Kier alpha value is -2.05. The molecule has 2 N–H and O–H groups in total. The van der Waals surface area contributed by atoms with E-state index in [1.165, 1.54) is 6.33 Å². The van der Waals surface area contributed by atoms with Gasteiger partial charge in [0.2, 0.25) is 5.88 Å². The molecule has 0 atom stereocenters. The summed E-state index contributed by atoms with van der Waals surface area (Å²) in [7, 11) is 2.11. The lowest BCUT2D eigenvalue weighted by Gasteiger charge is -2.33. The summed E-state index contributed by atoms with van der Waals surface area (Å²) in [6, 6.07) is 3.76. The van der Waals surface area contributed by atoms with E-state index in [1.807, 2.05) is 26.0 Å². The van der Waals surface area contributed by atoms with Gasteiger partial charge in [-0.05, 0) is 44.2 Å². The van der Waals surface area contributed by atoms with E-state index in [9.17, 15) is 0 Å². The van der Waals surface area contributed by atoms with Crippen molar-refractivity contribution in [2.45, 2.75) is 13.8 Å². The minimum Gasteiger partial charge on any atom is -0.437 e. The summed E-state index contributed by atoms with van der Waals surface area (Å²) >= 11 is 6.21. The quantitative estimate of drug-likeness (QED) is 0.920. The zero-order valence-electron chi connectivity index (χ0n) is 14.2. The van der Waals surface area contributed by atoms with Gasteiger partial charge in [0.15, 0.2) is 5.82 Å². The smallest absolute Gasteiger partial charge is 0.248 e. The molecular weight excluding hydrogens is 326 g/mol. The summed E-state index contributed by atoms with van der Waals surface area (Å²) in [6.45, 7) is 7.62. The predicted octanol–water partition coefficient (Wildman–Crippen LogP) is 2.87. The third kappa shape index (κ3) is 3.39. The minimum absolute atomic E-state index is 0.375. The van der Waals surface area contributed by atoms with Crippen LogP contribution in [0.5, 0.6) is 11.6 Å². The Morgan fingerprint density at radius 2 is 1.71 bits per heavy atom. The maximum atomic E-state index is 6.27. The van der Waals surface area contributed by atoms with Gasteiger partial charge >= 0.3 is 0 Å². The normalized spacial score (nSPS) is 15.6. The molecule has 0 spiro atoms. The number of nitrogens with two attached hydrogens (primary N) is 1. The van der Waals surface area contributed by atoms with Gasteiger partial charge in [-0.3, -0.25) is 0 Å². The van der Waals surface area contributed by atoms with E-state index in [-0.39, 0.29) is 0 Å². The zero-order valence-corrected chi connectivity index (χ0v) is 15.0. The molecule has 0 aliphatic carbocycles. The average molecular weight is 348 g/mol. The number of aromatic nitrogens is 2. The molecule has 0 unspecified atom stereocenters. The molecule has 1 aliphatic rings. The maximum absolute atomic E-state index is 6.27. The van der Waals surface area contributed by atoms with Gasteiger partial charge in [0, 0.05) is 31.2 Å². The maximum Gasteiger partial charge on any atom is 0.248 e. The van der Waals surface area contributed by atoms with Crippen LogP contribution in [0.15, 0.2) is 18.5 Å². The number of nitrogens with zero attached hydrogens (tertiary/aromatic N) is 4. The molecule has 1 saturated heterocycles. The van der Waals surface area contributed by atoms with Crippen molar-refractivity contribution in [1.29, 1.82) is 0 Å². The Balaban J connectivity index is 1.86. The molecule has 1 aromatic heterocycles. The van der Waals surface area contributed by atoms with Crippen LogP contribution in [0.25, 0.3) is 0 Å². The lowest BCUT2D eigenvalue weighted by atomic mass is 10.1. The number of piperazine rings is 1. The van der Waals surface area contributed by atoms with Crippen molar-refractivity contribution in [3.05, 3.63) is 34.6 Å². The highest BCUT2D eigenvalue weighted by Gasteiger charge is 2.20. The van der Waals surface area contributed by atoms with Gasteiger partial charge in [-0.15, -0.1) is 0 Å². The number of hydrogen-bond acceptors (Lipinski definition) is 6. The number of halogens is 1. The summed E-state index contributed by atoms with van der Waals surface area (Å²) in [4.78, 5) is 13.0. The fraction of sp³-hybridized carbons (Fsp3) is 0.412. The van der Waals surface area contributed by atoms with Crippen molar-refractivity contribution in [2.24, 2.45) is 0 Å². The Bertz CT molecular complexity index is 721. The average Bonchev–Trinajstić information content (AvgIpc) is 2.55. The summed E-state index contributed by atoms with van der Waals surface area (Å²) in [5.74, 6) is 1.78. The number of likely N-dealkylation sites (N-methyl/N-ethyl adjacent to an activating group) is 1. The second kappa shape index (κ2) is 6.83. The highest BCUT2D eigenvalue weighted by Crippen LogP contribution is 2.34. The van der Waals surface area contributed by atoms with E-state index >= 15 is 0 Å². The number of rotatable bonds is 3. The molecule has 0 bridgehead atoms. The van der Waals surface area contributed by atoms with Gasteiger partial charge in [0.1, 0.15) is 17.8 Å². The SMILES string of the molecule is Cc1cc(Oc2ncnc(N3CCN(C)CC3)c2N)cc(C)c1Cl. The van der Waals surface area contributed by atoms with E-state index in [2.05, 4.69) is 26.8 Å². The van der Waals surface area contributed by atoms with E-state index in [1.54, 1.807) is 0 Å². The first-order valence-electron chi connectivity index (χ1n) is 7.94. The predicted molar refractivity (Wildman–Crippen MR) is 97.2 cm³/mol. The first-order chi connectivity index (χ1) is 11.5. The van der Waals surface area contributed by atoms with Gasteiger partial charge in [0.25, 0.3) is 0 Å². The summed E-state index contributed by atoms with van der Waals surface area (Å²) in [6.07, 6.45) is 1.50. The second-order valence-electron chi connectivity index (χ2n) is 6.18. The lowest BCUT2D eigenvalue weighted by molar-refractivity contribution is 0.312. The fourth-order valence-electron chi connectivity index (χ4n) is 2.80. The van der Waals surface area contributed by atoms with Crippen LogP contribution >= 0.6 is 11.6 Å². The van der Waals surface area contributed by atoms with Crippen LogP contribution in [0.1, 0.15) is 11.1 Å². The van der Waals surface area contributed by atoms with Crippen LogP contribution in [0, 0.1) is 13.8 Å². The Kier molecular flexibility index (Phi) is 4.78. The van der Waals surface area contributed by atoms with Crippen LogP contribution in [0.3, 0.4) is 0 Å².